The second-order valence-corrected chi connectivity index (χ2v) is 5.36. The maximum absolute atomic E-state index is 12.1. The van der Waals surface area contributed by atoms with Gasteiger partial charge in [-0.25, -0.2) is 0 Å². The number of amides is 1. The zero-order valence-corrected chi connectivity index (χ0v) is 11.6. The first-order valence-corrected chi connectivity index (χ1v) is 7.19. The van der Waals surface area contributed by atoms with Gasteiger partial charge in [0.05, 0.1) is 0 Å². The van der Waals surface area contributed by atoms with Crippen LogP contribution in [0.5, 0.6) is 0 Å². The van der Waals surface area contributed by atoms with Crippen molar-refractivity contribution in [2.45, 2.75) is 32.1 Å². The highest BCUT2D eigenvalue weighted by Gasteiger charge is 2.35. The predicted molar refractivity (Wildman–Crippen MR) is 75.9 cm³/mol. The molecule has 1 aromatic rings. The zero-order valence-electron chi connectivity index (χ0n) is 11.6. The number of carbonyl (C=O) groups is 1. The van der Waals surface area contributed by atoms with Gasteiger partial charge in [-0.1, -0.05) is 43.7 Å². The van der Waals surface area contributed by atoms with E-state index in [1.807, 2.05) is 23.1 Å². The Morgan fingerprint density at radius 1 is 1.32 bits per heavy atom. The second kappa shape index (κ2) is 6.71. The molecule has 1 aromatic carbocycles. The van der Waals surface area contributed by atoms with Gasteiger partial charge in [-0.15, -0.1) is 0 Å². The molecule has 104 valence electrons. The van der Waals surface area contributed by atoms with E-state index in [0.29, 0.717) is 13.0 Å². The zero-order chi connectivity index (χ0) is 13.7. The van der Waals surface area contributed by atoms with Gasteiger partial charge in [-0.05, 0) is 12.0 Å². The molecular weight excluding hydrogens is 238 g/mol. The molecule has 0 aromatic heterocycles. The Bertz CT molecular complexity index is 404. The maximum Gasteiger partial charge on any atom is 0.222 e. The van der Waals surface area contributed by atoms with Crippen molar-refractivity contribution in [1.29, 1.82) is 0 Å². The van der Waals surface area contributed by atoms with Crippen LogP contribution in [0.25, 0.3) is 0 Å². The molecule has 0 bridgehead atoms. The Kier molecular flexibility index (Phi) is 4.97. The SMILES string of the molecule is CCCCC(=O)N1CC(CO)C(c2ccccc2)C1. The van der Waals surface area contributed by atoms with Crippen LogP contribution in [0, 0.1) is 5.92 Å². The normalized spacial score (nSPS) is 22.7. The van der Waals surface area contributed by atoms with Crippen LogP contribution in [-0.4, -0.2) is 35.6 Å². The van der Waals surface area contributed by atoms with Crippen LogP contribution >= 0.6 is 0 Å². The summed E-state index contributed by atoms with van der Waals surface area (Å²) in [6, 6.07) is 10.2. The fourth-order valence-corrected chi connectivity index (χ4v) is 2.82. The van der Waals surface area contributed by atoms with Crippen LogP contribution in [-0.2, 0) is 4.79 Å². The highest BCUT2D eigenvalue weighted by molar-refractivity contribution is 5.76. The molecule has 0 saturated carbocycles. The van der Waals surface area contributed by atoms with E-state index in [2.05, 4.69) is 19.1 Å². The number of unbranched alkanes of at least 4 members (excludes halogenated alkanes) is 1. The van der Waals surface area contributed by atoms with Gasteiger partial charge in [0, 0.05) is 38.0 Å². The van der Waals surface area contributed by atoms with Gasteiger partial charge in [0.2, 0.25) is 5.91 Å². The van der Waals surface area contributed by atoms with Crippen molar-refractivity contribution in [2.24, 2.45) is 5.92 Å². The van der Waals surface area contributed by atoms with Gasteiger partial charge in [-0.2, -0.15) is 0 Å². The molecule has 0 aliphatic carbocycles. The summed E-state index contributed by atoms with van der Waals surface area (Å²) >= 11 is 0. The molecule has 1 heterocycles. The Morgan fingerprint density at radius 3 is 2.68 bits per heavy atom. The van der Waals surface area contributed by atoms with Crippen molar-refractivity contribution in [3.8, 4) is 0 Å². The summed E-state index contributed by atoms with van der Waals surface area (Å²) in [5.74, 6) is 0.684. The van der Waals surface area contributed by atoms with E-state index in [-0.39, 0.29) is 24.3 Å². The lowest BCUT2D eigenvalue weighted by atomic mass is 9.90. The molecule has 3 nitrogen and oxygen atoms in total. The Labute approximate surface area is 115 Å². The Hall–Kier alpha value is -1.35. The van der Waals surface area contributed by atoms with Crippen LogP contribution in [0.1, 0.15) is 37.7 Å². The van der Waals surface area contributed by atoms with Crippen molar-refractivity contribution in [3.63, 3.8) is 0 Å². The minimum absolute atomic E-state index is 0.150. The van der Waals surface area contributed by atoms with E-state index in [4.69, 9.17) is 0 Å². The molecule has 1 N–H and O–H groups in total. The smallest absolute Gasteiger partial charge is 0.222 e. The molecule has 1 saturated heterocycles. The summed E-state index contributed by atoms with van der Waals surface area (Å²) in [5, 5.41) is 9.54. The van der Waals surface area contributed by atoms with Crippen molar-refractivity contribution in [1.82, 2.24) is 4.90 Å². The van der Waals surface area contributed by atoms with Crippen LogP contribution < -0.4 is 0 Å². The molecule has 1 amide bonds. The summed E-state index contributed by atoms with van der Waals surface area (Å²) in [6.45, 7) is 3.69. The first-order valence-electron chi connectivity index (χ1n) is 7.19. The minimum atomic E-state index is 0.150. The van der Waals surface area contributed by atoms with Gasteiger partial charge >= 0.3 is 0 Å². The third-order valence-corrected chi connectivity index (χ3v) is 4.00. The fourth-order valence-electron chi connectivity index (χ4n) is 2.82. The monoisotopic (exact) mass is 261 g/mol. The number of carbonyl (C=O) groups excluding carboxylic acids is 1. The molecule has 2 unspecified atom stereocenters. The summed E-state index contributed by atoms with van der Waals surface area (Å²) in [4.78, 5) is 14.0. The molecule has 0 spiro atoms. The number of aliphatic hydroxyl groups excluding tert-OH is 1. The lowest BCUT2D eigenvalue weighted by molar-refractivity contribution is -0.130. The second-order valence-electron chi connectivity index (χ2n) is 5.36. The molecule has 2 atom stereocenters. The first-order chi connectivity index (χ1) is 9.26. The van der Waals surface area contributed by atoms with Gasteiger partial charge in [0.25, 0.3) is 0 Å². The average molecular weight is 261 g/mol. The number of nitrogens with zero attached hydrogens (tertiary/aromatic N) is 1. The largest absolute Gasteiger partial charge is 0.396 e. The standard InChI is InChI=1S/C16H23NO2/c1-2-3-9-16(19)17-10-14(12-18)15(11-17)13-7-5-4-6-8-13/h4-8,14-15,18H,2-3,9-12H2,1H3. The van der Waals surface area contributed by atoms with E-state index in [1.165, 1.54) is 5.56 Å². The lowest BCUT2D eigenvalue weighted by Gasteiger charge is -2.16. The molecule has 1 aliphatic heterocycles. The number of rotatable bonds is 5. The van der Waals surface area contributed by atoms with Crippen LogP contribution in [0.2, 0.25) is 0 Å². The van der Waals surface area contributed by atoms with Crippen molar-refractivity contribution >= 4 is 5.91 Å². The number of likely N-dealkylation sites (tertiary alicyclic amines) is 1. The van der Waals surface area contributed by atoms with Gasteiger partial charge in [0.1, 0.15) is 0 Å². The van der Waals surface area contributed by atoms with E-state index in [1.54, 1.807) is 0 Å². The molecule has 3 heteroatoms. The Balaban J connectivity index is 2.04. The van der Waals surface area contributed by atoms with E-state index in [0.717, 1.165) is 19.4 Å². The molecule has 1 aliphatic rings. The molecule has 1 fully saturated rings. The summed E-state index contributed by atoms with van der Waals surface area (Å²) < 4.78 is 0. The van der Waals surface area contributed by atoms with E-state index >= 15 is 0 Å². The van der Waals surface area contributed by atoms with Crippen molar-refractivity contribution in [3.05, 3.63) is 35.9 Å². The van der Waals surface area contributed by atoms with Gasteiger partial charge < -0.3 is 10.0 Å². The number of aliphatic hydroxyl groups is 1. The van der Waals surface area contributed by atoms with E-state index < -0.39 is 0 Å². The van der Waals surface area contributed by atoms with Crippen LogP contribution in [0.3, 0.4) is 0 Å². The third-order valence-electron chi connectivity index (χ3n) is 4.00. The predicted octanol–water partition coefficient (Wildman–Crippen LogP) is 2.41. The van der Waals surface area contributed by atoms with Crippen LogP contribution in [0.4, 0.5) is 0 Å². The molecule has 2 rings (SSSR count). The summed E-state index contributed by atoms with van der Waals surface area (Å²) in [6.07, 6.45) is 2.64. The summed E-state index contributed by atoms with van der Waals surface area (Å²) in [5.41, 5.74) is 1.23. The molecular formula is C16H23NO2. The van der Waals surface area contributed by atoms with Crippen molar-refractivity contribution < 1.29 is 9.90 Å². The quantitative estimate of drug-likeness (QED) is 0.884. The highest BCUT2D eigenvalue weighted by Crippen LogP contribution is 2.32. The molecule has 0 radical (unpaired) electrons. The highest BCUT2D eigenvalue weighted by atomic mass is 16.3. The Morgan fingerprint density at radius 2 is 2.05 bits per heavy atom. The fraction of sp³-hybridized carbons (Fsp3) is 0.562. The van der Waals surface area contributed by atoms with Crippen molar-refractivity contribution in [2.75, 3.05) is 19.7 Å². The number of hydrogen-bond donors (Lipinski definition) is 1. The van der Waals surface area contributed by atoms with E-state index in [9.17, 15) is 9.90 Å². The first kappa shape index (κ1) is 14.1. The van der Waals surface area contributed by atoms with Gasteiger partial charge in [0.15, 0.2) is 0 Å². The maximum atomic E-state index is 12.1. The molecule has 19 heavy (non-hydrogen) atoms. The van der Waals surface area contributed by atoms with Crippen LogP contribution in [0.15, 0.2) is 30.3 Å². The topological polar surface area (TPSA) is 40.5 Å². The minimum Gasteiger partial charge on any atom is -0.396 e. The lowest BCUT2D eigenvalue weighted by Crippen LogP contribution is -2.28. The number of benzene rings is 1. The van der Waals surface area contributed by atoms with Gasteiger partial charge in [-0.3, -0.25) is 4.79 Å². The third kappa shape index (κ3) is 3.35. The average Bonchev–Trinajstić information content (AvgIpc) is 2.90. The number of hydrogen-bond acceptors (Lipinski definition) is 2. The summed E-state index contributed by atoms with van der Waals surface area (Å²) in [7, 11) is 0.